The number of hydrogen-bond donors (Lipinski definition) is 0. The van der Waals surface area contributed by atoms with Crippen molar-refractivity contribution < 1.29 is 22.3 Å². The molecule has 0 saturated carbocycles. The Labute approximate surface area is 199 Å². The first-order chi connectivity index (χ1) is 15.8. The fourth-order valence-corrected chi connectivity index (χ4v) is 5.48. The van der Waals surface area contributed by atoms with Crippen molar-refractivity contribution in [2.45, 2.75) is 18.7 Å². The molecule has 1 amide bonds. The highest BCUT2D eigenvalue weighted by molar-refractivity contribution is 7.89. The van der Waals surface area contributed by atoms with Crippen LogP contribution in [0.4, 0.5) is 4.39 Å². The molecule has 2 aromatic rings. The van der Waals surface area contributed by atoms with Gasteiger partial charge in [0.1, 0.15) is 23.1 Å². The number of carbonyl (C=O) groups is 1. The van der Waals surface area contributed by atoms with Crippen molar-refractivity contribution in [2.75, 3.05) is 52.4 Å². The van der Waals surface area contributed by atoms with Gasteiger partial charge in [0.05, 0.1) is 5.02 Å². The Hall–Kier alpha value is -2.20. The van der Waals surface area contributed by atoms with Crippen molar-refractivity contribution >= 4 is 27.5 Å². The quantitative estimate of drug-likeness (QED) is 0.531. The topological polar surface area (TPSA) is 70.2 Å². The zero-order valence-corrected chi connectivity index (χ0v) is 20.4. The van der Waals surface area contributed by atoms with E-state index in [1.807, 2.05) is 18.2 Å². The Bertz CT molecular complexity index is 1070. The number of ether oxygens (including phenoxy) is 1. The smallest absolute Gasteiger partial charge is 0.253 e. The molecule has 7 nitrogen and oxygen atoms in total. The number of hydrogen-bond acceptors (Lipinski definition) is 5. The number of para-hydroxylation sites is 1. The van der Waals surface area contributed by atoms with E-state index in [0.29, 0.717) is 50.1 Å². The lowest BCUT2D eigenvalue weighted by Crippen LogP contribution is -2.49. The largest absolute Gasteiger partial charge is 0.491 e. The van der Waals surface area contributed by atoms with Crippen molar-refractivity contribution in [3.63, 3.8) is 0 Å². The molecule has 1 heterocycles. The summed E-state index contributed by atoms with van der Waals surface area (Å²) in [7, 11) is -4.01. The zero-order chi connectivity index (χ0) is 24.0. The molecule has 0 unspecified atom stereocenters. The fraction of sp³-hybridized carbons (Fsp3) is 0.435. The molecular formula is C23H29ClFN3O4S. The lowest BCUT2D eigenvalue weighted by atomic mass is 10.1. The monoisotopic (exact) mass is 497 g/mol. The molecule has 33 heavy (non-hydrogen) atoms. The van der Waals surface area contributed by atoms with E-state index >= 15 is 0 Å². The molecule has 1 aliphatic heterocycles. The maximum atomic E-state index is 14.4. The second-order valence-electron chi connectivity index (χ2n) is 7.65. The van der Waals surface area contributed by atoms with E-state index in [1.54, 1.807) is 24.8 Å². The second-order valence-corrected chi connectivity index (χ2v) is 9.96. The van der Waals surface area contributed by atoms with Gasteiger partial charge in [0.25, 0.3) is 5.91 Å². The number of amides is 1. The van der Waals surface area contributed by atoms with Gasteiger partial charge in [-0.2, -0.15) is 4.31 Å². The molecule has 0 atom stereocenters. The van der Waals surface area contributed by atoms with Crippen LogP contribution in [0.3, 0.4) is 0 Å². The highest BCUT2D eigenvalue weighted by Crippen LogP contribution is 2.24. The predicted octanol–water partition coefficient (Wildman–Crippen LogP) is 3.35. The molecule has 1 saturated heterocycles. The van der Waals surface area contributed by atoms with Crippen molar-refractivity contribution in [3.05, 3.63) is 58.9 Å². The van der Waals surface area contributed by atoms with E-state index in [9.17, 15) is 17.6 Å². The molecule has 0 N–H and O–H groups in total. The predicted molar refractivity (Wildman–Crippen MR) is 126 cm³/mol. The number of sulfonamides is 1. The first-order valence-electron chi connectivity index (χ1n) is 11.0. The van der Waals surface area contributed by atoms with E-state index in [0.717, 1.165) is 12.1 Å². The standard InChI is InChI=1S/C23H29ClFN3O4S/c1-3-28(4-2)33(30,31)22-17-18(9-10-20(22)25)23(29)27-13-11-26(12-14-27)15-16-32-21-8-6-5-7-19(21)24/h5-10,17H,3-4,11-16H2,1-2H3. The minimum absolute atomic E-state index is 0.164. The van der Waals surface area contributed by atoms with Gasteiger partial charge in [0.2, 0.25) is 10.0 Å². The fourth-order valence-electron chi connectivity index (χ4n) is 3.74. The van der Waals surface area contributed by atoms with Crippen LogP contribution in [0.15, 0.2) is 47.4 Å². The van der Waals surface area contributed by atoms with Crippen molar-refractivity contribution in [2.24, 2.45) is 0 Å². The van der Waals surface area contributed by atoms with Crippen LogP contribution in [-0.4, -0.2) is 80.9 Å². The minimum atomic E-state index is -4.01. The molecule has 0 spiro atoms. The zero-order valence-electron chi connectivity index (χ0n) is 18.8. The van der Waals surface area contributed by atoms with Gasteiger partial charge in [-0.3, -0.25) is 9.69 Å². The van der Waals surface area contributed by atoms with E-state index in [2.05, 4.69) is 4.90 Å². The third-order valence-electron chi connectivity index (χ3n) is 5.66. The van der Waals surface area contributed by atoms with E-state index in [1.165, 1.54) is 10.4 Å². The SMILES string of the molecule is CCN(CC)S(=O)(=O)c1cc(C(=O)N2CCN(CCOc3ccccc3Cl)CC2)ccc1F. The van der Waals surface area contributed by atoms with Gasteiger partial charge in [0, 0.05) is 51.4 Å². The second kappa shape index (κ2) is 11.3. The summed E-state index contributed by atoms with van der Waals surface area (Å²) in [6, 6.07) is 10.8. The molecule has 3 rings (SSSR count). The van der Waals surface area contributed by atoms with Crippen molar-refractivity contribution in [3.8, 4) is 5.75 Å². The number of rotatable bonds is 9. The molecule has 0 bridgehead atoms. The Morgan fingerprint density at radius 2 is 1.76 bits per heavy atom. The summed E-state index contributed by atoms with van der Waals surface area (Å²) in [5.41, 5.74) is 0.164. The lowest BCUT2D eigenvalue weighted by molar-refractivity contribution is 0.0620. The minimum Gasteiger partial charge on any atom is -0.491 e. The summed E-state index contributed by atoms with van der Waals surface area (Å²) in [4.78, 5) is 16.4. The third-order valence-corrected chi connectivity index (χ3v) is 8.04. The van der Waals surface area contributed by atoms with Crippen LogP contribution >= 0.6 is 11.6 Å². The van der Waals surface area contributed by atoms with E-state index < -0.39 is 20.7 Å². The highest BCUT2D eigenvalue weighted by atomic mass is 35.5. The van der Waals surface area contributed by atoms with Gasteiger partial charge in [-0.15, -0.1) is 0 Å². The summed E-state index contributed by atoms with van der Waals surface area (Å²) >= 11 is 6.09. The van der Waals surface area contributed by atoms with Gasteiger partial charge in [-0.25, -0.2) is 12.8 Å². The lowest BCUT2D eigenvalue weighted by Gasteiger charge is -2.34. The number of halogens is 2. The van der Waals surface area contributed by atoms with Gasteiger partial charge in [-0.1, -0.05) is 37.6 Å². The maximum Gasteiger partial charge on any atom is 0.253 e. The molecule has 0 radical (unpaired) electrons. The Morgan fingerprint density at radius 3 is 2.39 bits per heavy atom. The maximum absolute atomic E-state index is 14.4. The summed E-state index contributed by atoms with van der Waals surface area (Å²) < 4.78 is 46.8. The molecular weight excluding hydrogens is 469 g/mol. The molecule has 10 heteroatoms. The normalized spacial score (nSPS) is 15.1. The Morgan fingerprint density at radius 1 is 1.09 bits per heavy atom. The van der Waals surface area contributed by atoms with Crippen LogP contribution in [0, 0.1) is 5.82 Å². The van der Waals surface area contributed by atoms with Gasteiger partial charge >= 0.3 is 0 Å². The molecule has 1 aliphatic rings. The Balaban J connectivity index is 1.59. The number of piperazine rings is 1. The van der Waals surface area contributed by atoms with Gasteiger partial charge in [-0.05, 0) is 30.3 Å². The molecule has 180 valence electrons. The van der Waals surface area contributed by atoms with Crippen LogP contribution in [0.1, 0.15) is 24.2 Å². The van der Waals surface area contributed by atoms with Crippen LogP contribution in [-0.2, 0) is 10.0 Å². The van der Waals surface area contributed by atoms with Crippen LogP contribution in [0.25, 0.3) is 0 Å². The van der Waals surface area contributed by atoms with Crippen LogP contribution in [0.2, 0.25) is 5.02 Å². The average Bonchev–Trinajstić information content (AvgIpc) is 2.81. The summed E-state index contributed by atoms with van der Waals surface area (Å²) in [6.07, 6.45) is 0. The first-order valence-corrected chi connectivity index (χ1v) is 12.8. The summed E-state index contributed by atoms with van der Waals surface area (Å²) in [5.74, 6) is -0.528. The molecule has 1 fully saturated rings. The van der Waals surface area contributed by atoms with Gasteiger partial charge < -0.3 is 9.64 Å². The number of nitrogens with zero attached hydrogens (tertiary/aromatic N) is 3. The molecule has 2 aromatic carbocycles. The van der Waals surface area contributed by atoms with Gasteiger partial charge in [0.15, 0.2) is 0 Å². The molecule has 0 aromatic heterocycles. The van der Waals surface area contributed by atoms with Crippen LogP contribution in [0.5, 0.6) is 5.75 Å². The number of benzene rings is 2. The first kappa shape index (κ1) is 25.4. The Kier molecular flexibility index (Phi) is 8.69. The summed E-state index contributed by atoms with van der Waals surface area (Å²) in [6.45, 7) is 7.27. The highest BCUT2D eigenvalue weighted by Gasteiger charge is 2.28. The summed E-state index contributed by atoms with van der Waals surface area (Å²) in [5, 5.41) is 0.564. The third kappa shape index (κ3) is 6.03. The molecule has 0 aliphatic carbocycles. The number of carbonyl (C=O) groups excluding carboxylic acids is 1. The van der Waals surface area contributed by atoms with Crippen molar-refractivity contribution in [1.82, 2.24) is 14.1 Å². The van der Waals surface area contributed by atoms with E-state index in [-0.39, 0.29) is 24.6 Å². The van der Waals surface area contributed by atoms with Crippen LogP contribution < -0.4 is 4.74 Å². The van der Waals surface area contributed by atoms with E-state index in [4.69, 9.17) is 16.3 Å². The average molecular weight is 498 g/mol. The van der Waals surface area contributed by atoms with Crippen molar-refractivity contribution in [1.29, 1.82) is 0 Å².